The molecule has 0 bridgehead atoms. The van der Waals surface area contributed by atoms with E-state index in [1.807, 2.05) is 0 Å². The van der Waals surface area contributed by atoms with Crippen molar-refractivity contribution in [2.24, 2.45) is 0 Å². The molecule has 0 spiro atoms. The Bertz CT molecular complexity index is 942. The number of hydrogen-bond donors (Lipinski definition) is 1. The lowest BCUT2D eigenvalue weighted by Crippen LogP contribution is -2.13. The Morgan fingerprint density at radius 3 is 2.70 bits per heavy atom. The molecule has 3 aromatic rings. The fourth-order valence-corrected chi connectivity index (χ4v) is 2.81. The minimum atomic E-state index is -0.987. The van der Waals surface area contributed by atoms with Crippen molar-refractivity contribution in [3.63, 3.8) is 0 Å². The van der Waals surface area contributed by atoms with Crippen LogP contribution in [0.4, 0.5) is 19.6 Å². The highest BCUT2D eigenvalue weighted by Gasteiger charge is 2.16. The number of thiazole rings is 1. The third-order valence-corrected chi connectivity index (χ3v) is 3.91. The number of hydrogen-bond acceptors (Lipinski definition) is 5. The van der Waals surface area contributed by atoms with E-state index in [4.69, 9.17) is 0 Å². The van der Waals surface area contributed by atoms with Gasteiger partial charge in [-0.3, -0.25) is 20.2 Å². The van der Waals surface area contributed by atoms with E-state index in [2.05, 4.69) is 10.3 Å². The van der Waals surface area contributed by atoms with Gasteiger partial charge in [-0.25, -0.2) is 13.8 Å². The lowest BCUT2D eigenvalue weighted by atomic mass is 10.2. The molecule has 0 aliphatic heterocycles. The highest BCUT2D eigenvalue weighted by atomic mass is 32.1. The Morgan fingerprint density at radius 1 is 1.22 bits per heavy atom. The summed E-state index contributed by atoms with van der Waals surface area (Å²) in [7, 11) is 0. The first-order chi connectivity index (χ1) is 10.9. The molecule has 6 nitrogen and oxygen atoms in total. The summed E-state index contributed by atoms with van der Waals surface area (Å²) in [6.07, 6.45) is 0. The average Bonchev–Trinajstić information content (AvgIpc) is 2.87. The number of benzene rings is 2. The van der Waals surface area contributed by atoms with Gasteiger partial charge in [-0.2, -0.15) is 0 Å². The van der Waals surface area contributed by atoms with E-state index in [-0.39, 0.29) is 16.4 Å². The average molecular weight is 335 g/mol. The van der Waals surface area contributed by atoms with E-state index in [9.17, 15) is 23.7 Å². The Morgan fingerprint density at radius 2 is 2.00 bits per heavy atom. The summed E-state index contributed by atoms with van der Waals surface area (Å²) >= 11 is 1.02. The highest BCUT2D eigenvalue weighted by molar-refractivity contribution is 7.22. The summed E-state index contributed by atoms with van der Waals surface area (Å²) in [4.78, 5) is 26.3. The maximum Gasteiger partial charge on any atom is 0.270 e. The zero-order valence-electron chi connectivity index (χ0n) is 11.2. The molecule has 0 aliphatic carbocycles. The minimum absolute atomic E-state index is 0.0939. The van der Waals surface area contributed by atoms with Crippen LogP contribution in [0.5, 0.6) is 0 Å². The van der Waals surface area contributed by atoms with Gasteiger partial charge in [-0.05, 0) is 18.2 Å². The quantitative estimate of drug-likeness (QED) is 0.584. The number of aromatic nitrogens is 1. The normalized spacial score (nSPS) is 10.7. The van der Waals surface area contributed by atoms with Crippen molar-refractivity contribution in [3.8, 4) is 0 Å². The Balaban J connectivity index is 1.89. The summed E-state index contributed by atoms with van der Waals surface area (Å²) in [6, 6.07) is 6.70. The molecule has 0 atom stereocenters. The number of amides is 1. The monoisotopic (exact) mass is 335 g/mol. The van der Waals surface area contributed by atoms with Crippen LogP contribution in [0.25, 0.3) is 10.2 Å². The molecule has 116 valence electrons. The van der Waals surface area contributed by atoms with Gasteiger partial charge in [0.05, 0.1) is 20.7 Å². The van der Waals surface area contributed by atoms with Crippen LogP contribution >= 0.6 is 11.3 Å². The second kappa shape index (κ2) is 5.69. The predicted molar refractivity (Wildman–Crippen MR) is 80.6 cm³/mol. The van der Waals surface area contributed by atoms with Gasteiger partial charge in [0.1, 0.15) is 11.6 Å². The molecule has 1 N–H and O–H groups in total. The summed E-state index contributed by atoms with van der Waals surface area (Å²) < 4.78 is 26.9. The van der Waals surface area contributed by atoms with Gasteiger partial charge in [0.2, 0.25) is 0 Å². The zero-order valence-corrected chi connectivity index (χ0v) is 12.1. The Labute approximate surface area is 131 Å². The van der Waals surface area contributed by atoms with Crippen molar-refractivity contribution >= 4 is 38.3 Å². The second-order valence-electron chi connectivity index (χ2n) is 4.51. The van der Waals surface area contributed by atoms with Crippen molar-refractivity contribution < 1.29 is 18.5 Å². The highest BCUT2D eigenvalue weighted by Crippen LogP contribution is 2.29. The molecule has 0 aliphatic rings. The van der Waals surface area contributed by atoms with Crippen molar-refractivity contribution in [1.29, 1.82) is 0 Å². The molecule has 9 heteroatoms. The van der Waals surface area contributed by atoms with Crippen LogP contribution in [0.1, 0.15) is 10.4 Å². The first kappa shape index (κ1) is 15.0. The number of non-ortho nitro benzene ring substituents is 1. The number of nitro benzene ring substituents is 1. The van der Waals surface area contributed by atoms with E-state index in [0.717, 1.165) is 23.5 Å². The Hall–Kier alpha value is -2.94. The molecule has 0 saturated heterocycles. The van der Waals surface area contributed by atoms with Crippen molar-refractivity contribution in [2.45, 2.75) is 0 Å². The summed E-state index contributed by atoms with van der Waals surface area (Å²) in [5.41, 5.74) is 0.0516. The SMILES string of the molecule is O=C(Nc1nc2ccc([N+](=O)[O-])cc2s1)c1ccc(F)cc1F. The molecular formula is C14H7F2N3O3S. The standard InChI is InChI=1S/C14H7F2N3O3S/c15-7-1-3-9(10(16)5-7)13(20)18-14-17-11-4-2-8(19(21)22)6-12(11)23-14/h1-6H,(H,17,18,20). The van der Waals surface area contributed by atoms with E-state index in [1.165, 1.54) is 18.2 Å². The molecular weight excluding hydrogens is 328 g/mol. The largest absolute Gasteiger partial charge is 0.298 e. The van der Waals surface area contributed by atoms with Gasteiger partial charge in [-0.1, -0.05) is 11.3 Å². The molecule has 3 rings (SSSR count). The third-order valence-electron chi connectivity index (χ3n) is 2.98. The van der Waals surface area contributed by atoms with Gasteiger partial charge in [0, 0.05) is 18.2 Å². The number of fused-ring (bicyclic) bond motifs is 1. The number of nitro groups is 1. The lowest BCUT2D eigenvalue weighted by Gasteiger charge is -2.02. The van der Waals surface area contributed by atoms with Crippen molar-refractivity contribution in [2.75, 3.05) is 5.32 Å². The molecule has 1 heterocycles. The van der Waals surface area contributed by atoms with Gasteiger partial charge < -0.3 is 0 Å². The van der Waals surface area contributed by atoms with Crippen LogP contribution < -0.4 is 5.32 Å². The number of carbonyl (C=O) groups is 1. The fourth-order valence-electron chi connectivity index (χ4n) is 1.92. The van der Waals surface area contributed by atoms with Gasteiger partial charge in [0.15, 0.2) is 5.13 Å². The third kappa shape index (κ3) is 2.99. The summed E-state index contributed by atoms with van der Waals surface area (Å²) in [5.74, 6) is -2.55. The number of nitrogens with one attached hydrogen (secondary N) is 1. The second-order valence-corrected chi connectivity index (χ2v) is 5.54. The van der Waals surface area contributed by atoms with Crippen LogP contribution in [0.2, 0.25) is 0 Å². The van der Waals surface area contributed by atoms with Crippen LogP contribution in [0.15, 0.2) is 36.4 Å². The van der Waals surface area contributed by atoms with Crippen molar-refractivity contribution in [1.82, 2.24) is 4.98 Å². The number of nitrogens with zero attached hydrogens (tertiary/aromatic N) is 2. The zero-order chi connectivity index (χ0) is 16.6. The van der Waals surface area contributed by atoms with Crippen molar-refractivity contribution in [3.05, 3.63) is 63.7 Å². The number of carbonyl (C=O) groups excluding carboxylic acids is 1. The molecule has 0 fully saturated rings. The van der Waals surface area contributed by atoms with Crippen LogP contribution in [0, 0.1) is 21.7 Å². The smallest absolute Gasteiger partial charge is 0.270 e. The fraction of sp³-hybridized carbons (Fsp3) is 0. The summed E-state index contributed by atoms with van der Waals surface area (Å²) in [6.45, 7) is 0. The Kier molecular flexibility index (Phi) is 3.70. The molecule has 23 heavy (non-hydrogen) atoms. The number of halogens is 2. The minimum Gasteiger partial charge on any atom is -0.298 e. The van der Waals surface area contributed by atoms with Gasteiger partial charge in [0.25, 0.3) is 11.6 Å². The molecule has 0 unspecified atom stereocenters. The van der Waals surface area contributed by atoms with Gasteiger partial charge >= 0.3 is 0 Å². The van der Waals surface area contributed by atoms with Crippen LogP contribution in [0.3, 0.4) is 0 Å². The first-order valence-corrected chi connectivity index (χ1v) is 7.07. The molecule has 0 radical (unpaired) electrons. The van der Waals surface area contributed by atoms with E-state index < -0.39 is 22.5 Å². The van der Waals surface area contributed by atoms with E-state index in [1.54, 1.807) is 0 Å². The number of anilines is 1. The first-order valence-electron chi connectivity index (χ1n) is 6.25. The number of rotatable bonds is 3. The maximum atomic E-state index is 13.6. The van der Waals surface area contributed by atoms with Gasteiger partial charge in [-0.15, -0.1) is 0 Å². The molecule has 1 aromatic heterocycles. The molecule has 0 saturated carbocycles. The molecule has 1 amide bonds. The molecule has 2 aromatic carbocycles. The van der Waals surface area contributed by atoms with Crippen LogP contribution in [-0.2, 0) is 0 Å². The van der Waals surface area contributed by atoms with E-state index >= 15 is 0 Å². The van der Waals surface area contributed by atoms with Crippen LogP contribution in [-0.4, -0.2) is 15.8 Å². The van der Waals surface area contributed by atoms with E-state index in [0.29, 0.717) is 16.3 Å². The lowest BCUT2D eigenvalue weighted by molar-refractivity contribution is -0.384. The predicted octanol–water partition coefficient (Wildman–Crippen LogP) is 3.74. The maximum absolute atomic E-state index is 13.6. The topological polar surface area (TPSA) is 85.1 Å². The summed E-state index contributed by atoms with van der Waals surface area (Å²) in [5, 5.41) is 13.3.